The molecule has 16 heavy (non-hydrogen) atoms. The Kier molecular flexibility index (Phi) is 6.25. The van der Waals surface area contributed by atoms with E-state index in [9.17, 15) is 4.79 Å². The minimum Gasteiger partial charge on any atom is -0.355 e. The highest BCUT2D eigenvalue weighted by Crippen LogP contribution is 1.92. The lowest BCUT2D eigenvalue weighted by Crippen LogP contribution is -2.34. The fourth-order valence-corrected chi connectivity index (χ4v) is 1.36. The van der Waals surface area contributed by atoms with E-state index in [1.165, 1.54) is 0 Å². The molecule has 0 aliphatic heterocycles. The molecule has 0 aliphatic carbocycles. The molecule has 1 aromatic heterocycles. The van der Waals surface area contributed by atoms with E-state index >= 15 is 0 Å². The van der Waals surface area contributed by atoms with Crippen LogP contribution < -0.4 is 10.6 Å². The molecular weight excluding hydrogens is 204 g/mol. The average molecular weight is 224 g/mol. The lowest BCUT2D eigenvalue weighted by Gasteiger charge is -2.05. The quantitative estimate of drug-likeness (QED) is 0.562. The summed E-state index contributed by atoms with van der Waals surface area (Å²) in [4.78, 5) is 18.4. The SMILES string of the molecule is CCCNCC(=O)NCCCc1ncc[nH]1. The number of carbonyl (C=O) groups excluding carboxylic acids is 1. The van der Waals surface area contributed by atoms with Crippen molar-refractivity contribution >= 4 is 5.91 Å². The van der Waals surface area contributed by atoms with E-state index < -0.39 is 0 Å². The zero-order chi connectivity index (χ0) is 11.6. The molecule has 3 N–H and O–H groups in total. The zero-order valence-electron chi connectivity index (χ0n) is 9.75. The number of hydrogen-bond acceptors (Lipinski definition) is 3. The van der Waals surface area contributed by atoms with Crippen LogP contribution in [0.25, 0.3) is 0 Å². The molecule has 5 heteroatoms. The Bertz CT molecular complexity index is 284. The summed E-state index contributed by atoms with van der Waals surface area (Å²) in [6.07, 6.45) is 6.37. The first-order valence-corrected chi connectivity index (χ1v) is 5.78. The molecule has 5 nitrogen and oxygen atoms in total. The van der Waals surface area contributed by atoms with Crippen LogP contribution in [-0.4, -0.2) is 35.5 Å². The van der Waals surface area contributed by atoms with Gasteiger partial charge in [-0.15, -0.1) is 0 Å². The highest BCUT2D eigenvalue weighted by molar-refractivity contribution is 5.77. The minimum atomic E-state index is 0.0629. The summed E-state index contributed by atoms with van der Waals surface area (Å²) in [5.41, 5.74) is 0. The normalized spacial score (nSPS) is 10.3. The maximum Gasteiger partial charge on any atom is 0.233 e. The maximum atomic E-state index is 11.3. The number of amides is 1. The molecule has 0 spiro atoms. The Hall–Kier alpha value is -1.36. The van der Waals surface area contributed by atoms with Crippen LogP contribution in [0.2, 0.25) is 0 Å². The first-order valence-electron chi connectivity index (χ1n) is 5.78. The number of nitrogens with zero attached hydrogens (tertiary/aromatic N) is 1. The molecule has 0 bridgehead atoms. The number of aryl methyl sites for hydroxylation is 1. The van der Waals surface area contributed by atoms with Crippen LogP contribution in [0.3, 0.4) is 0 Å². The van der Waals surface area contributed by atoms with E-state index in [-0.39, 0.29) is 5.91 Å². The number of aromatic amines is 1. The Morgan fingerprint density at radius 3 is 3.06 bits per heavy atom. The molecule has 0 saturated carbocycles. The molecule has 0 fully saturated rings. The van der Waals surface area contributed by atoms with Crippen molar-refractivity contribution in [1.29, 1.82) is 0 Å². The molecule has 0 saturated heterocycles. The molecule has 1 heterocycles. The lowest BCUT2D eigenvalue weighted by molar-refractivity contribution is -0.120. The molecule has 1 rings (SSSR count). The standard InChI is InChI=1S/C11H20N4O/c1-2-5-12-9-11(16)15-6-3-4-10-13-7-8-14-10/h7-8,12H,2-6,9H2,1H3,(H,13,14)(H,15,16). The van der Waals surface area contributed by atoms with Gasteiger partial charge in [-0.25, -0.2) is 4.98 Å². The third-order valence-corrected chi connectivity index (χ3v) is 2.18. The molecule has 1 aromatic rings. The Balaban J connectivity index is 1.96. The highest BCUT2D eigenvalue weighted by Gasteiger charge is 1.99. The number of rotatable bonds is 8. The number of imidazole rings is 1. The first-order chi connectivity index (χ1) is 7.83. The smallest absolute Gasteiger partial charge is 0.233 e. The number of aromatic nitrogens is 2. The van der Waals surface area contributed by atoms with Crippen LogP contribution in [0.5, 0.6) is 0 Å². The minimum absolute atomic E-state index is 0.0629. The Labute approximate surface area is 96.0 Å². The summed E-state index contributed by atoms with van der Waals surface area (Å²) < 4.78 is 0. The van der Waals surface area contributed by atoms with Crippen molar-refractivity contribution in [2.75, 3.05) is 19.6 Å². The van der Waals surface area contributed by atoms with E-state index in [0.717, 1.165) is 31.6 Å². The molecule has 0 unspecified atom stereocenters. The third kappa shape index (κ3) is 5.50. The van der Waals surface area contributed by atoms with Crippen LogP contribution in [0.4, 0.5) is 0 Å². The van der Waals surface area contributed by atoms with Gasteiger partial charge >= 0.3 is 0 Å². The highest BCUT2D eigenvalue weighted by atomic mass is 16.1. The van der Waals surface area contributed by atoms with Gasteiger partial charge in [0.15, 0.2) is 0 Å². The van der Waals surface area contributed by atoms with Crippen molar-refractivity contribution < 1.29 is 4.79 Å². The van der Waals surface area contributed by atoms with E-state index in [2.05, 4.69) is 27.5 Å². The predicted octanol–water partition coefficient (Wildman–Crippen LogP) is 0.458. The molecule has 90 valence electrons. The summed E-state index contributed by atoms with van der Waals surface area (Å²) in [5.74, 6) is 1.03. The first kappa shape index (κ1) is 12.7. The molecule has 0 aromatic carbocycles. The molecule has 0 radical (unpaired) electrons. The van der Waals surface area contributed by atoms with Gasteiger partial charge in [0.25, 0.3) is 0 Å². The lowest BCUT2D eigenvalue weighted by atomic mass is 10.3. The average Bonchev–Trinajstić information content (AvgIpc) is 2.78. The van der Waals surface area contributed by atoms with E-state index in [1.807, 2.05) is 6.20 Å². The van der Waals surface area contributed by atoms with Gasteiger partial charge in [0.05, 0.1) is 6.54 Å². The van der Waals surface area contributed by atoms with Gasteiger partial charge in [-0.2, -0.15) is 0 Å². The third-order valence-electron chi connectivity index (χ3n) is 2.18. The van der Waals surface area contributed by atoms with Crippen LogP contribution >= 0.6 is 0 Å². The number of nitrogens with one attached hydrogen (secondary N) is 3. The van der Waals surface area contributed by atoms with Crippen molar-refractivity contribution in [3.8, 4) is 0 Å². The topological polar surface area (TPSA) is 69.8 Å². The summed E-state index contributed by atoms with van der Waals surface area (Å²) in [7, 11) is 0. The van der Waals surface area contributed by atoms with Crippen LogP contribution in [0.15, 0.2) is 12.4 Å². The van der Waals surface area contributed by atoms with Crippen molar-refractivity contribution in [3.05, 3.63) is 18.2 Å². The Morgan fingerprint density at radius 2 is 2.38 bits per heavy atom. The number of carbonyl (C=O) groups is 1. The molecule has 0 atom stereocenters. The molecule has 1 amide bonds. The van der Waals surface area contributed by atoms with Crippen LogP contribution in [-0.2, 0) is 11.2 Å². The van der Waals surface area contributed by atoms with Crippen LogP contribution in [0.1, 0.15) is 25.6 Å². The van der Waals surface area contributed by atoms with Crippen molar-refractivity contribution in [2.45, 2.75) is 26.2 Å². The van der Waals surface area contributed by atoms with E-state index in [1.54, 1.807) is 6.20 Å². The second kappa shape index (κ2) is 7.87. The van der Waals surface area contributed by atoms with Crippen molar-refractivity contribution in [1.82, 2.24) is 20.6 Å². The maximum absolute atomic E-state index is 11.3. The second-order valence-electron chi connectivity index (χ2n) is 3.67. The van der Waals surface area contributed by atoms with Crippen molar-refractivity contribution in [2.24, 2.45) is 0 Å². The fourth-order valence-electron chi connectivity index (χ4n) is 1.36. The largest absolute Gasteiger partial charge is 0.355 e. The molecule has 0 aliphatic rings. The monoisotopic (exact) mass is 224 g/mol. The van der Waals surface area contributed by atoms with Crippen molar-refractivity contribution in [3.63, 3.8) is 0 Å². The van der Waals surface area contributed by atoms with E-state index in [0.29, 0.717) is 13.1 Å². The molecular formula is C11H20N4O. The van der Waals surface area contributed by atoms with Gasteiger partial charge in [0.2, 0.25) is 5.91 Å². The van der Waals surface area contributed by atoms with Gasteiger partial charge in [-0.1, -0.05) is 6.92 Å². The van der Waals surface area contributed by atoms with Gasteiger partial charge in [-0.05, 0) is 19.4 Å². The number of H-pyrrole nitrogens is 1. The second-order valence-corrected chi connectivity index (χ2v) is 3.67. The summed E-state index contributed by atoms with van der Waals surface area (Å²) in [5, 5.41) is 5.92. The number of hydrogen-bond donors (Lipinski definition) is 3. The van der Waals surface area contributed by atoms with Gasteiger partial charge in [0.1, 0.15) is 5.82 Å². The summed E-state index contributed by atoms with van der Waals surface area (Å²) in [6, 6.07) is 0. The fraction of sp³-hybridized carbons (Fsp3) is 0.636. The van der Waals surface area contributed by atoms with E-state index in [4.69, 9.17) is 0 Å². The summed E-state index contributed by atoms with van der Waals surface area (Å²) in [6.45, 7) is 4.08. The van der Waals surface area contributed by atoms with Gasteiger partial charge in [0, 0.05) is 25.4 Å². The summed E-state index contributed by atoms with van der Waals surface area (Å²) >= 11 is 0. The zero-order valence-corrected chi connectivity index (χ0v) is 9.75. The predicted molar refractivity (Wildman–Crippen MR) is 63.1 cm³/mol. The van der Waals surface area contributed by atoms with Crippen LogP contribution in [0, 0.1) is 0 Å². The Morgan fingerprint density at radius 1 is 1.50 bits per heavy atom. The van der Waals surface area contributed by atoms with Gasteiger partial charge < -0.3 is 15.6 Å². The van der Waals surface area contributed by atoms with Gasteiger partial charge in [-0.3, -0.25) is 4.79 Å².